The van der Waals surface area contributed by atoms with Crippen LogP contribution < -0.4 is 0 Å². The van der Waals surface area contributed by atoms with Gasteiger partial charge in [0.2, 0.25) is 0 Å². The van der Waals surface area contributed by atoms with E-state index in [2.05, 4.69) is 308 Å². The van der Waals surface area contributed by atoms with Crippen LogP contribution in [0.2, 0.25) is 0 Å². The van der Waals surface area contributed by atoms with Gasteiger partial charge in [-0.05, 0) is 158 Å². The number of rotatable bonds is 9. The highest BCUT2D eigenvalue weighted by molar-refractivity contribution is 5.92. The number of hydrogen-bond donors (Lipinski definition) is 0. The Morgan fingerprint density at radius 2 is 0.517 bits per heavy atom. The second-order valence-corrected chi connectivity index (χ2v) is 23.1. The van der Waals surface area contributed by atoms with Gasteiger partial charge in [-0.3, -0.25) is 0 Å². The van der Waals surface area contributed by atoms with E-state index in [-0.39, 0.29) is 0 Å². The molecule has 0 saturated heterocycles. The van der Waals surface area contributed by atoms with Gasteiger partial charge < -0.3 is 0 Å². The zero-order chi connectivity index (χ0) is 58.3. The molecule has 0 fully saturated rings. The molecule has 0 aromatic heterocycles. The van der Waals surface area contributed by atoms with Crippen LogP contribution in [0.3, 0.4) is 0 Å². The van der Waals surface area contributed by atoms with Crippen LogP contribution in [0.15, 0.2) is 309 Å². The molecule has 13 aromatic rings. The van der Waals surface area contributed by atoms with Crippen molar-refractivity contribution in [3.63, 3.8) is 0 Å². The van der Waals surface area contributed by atoms with E-state index in [4.69, 9.17) is 6.57 Å². The van der Waals surface area contributed by atoms with Gasteiger partial charge in [-0.2, -0.15) is 10.5 Å². The third-order valence-electron chi connectivity index (χ3n) is 19.0. The van der Waals surface area contributed by atoms with E-state index in [0.29, 0.717) is 16.8 Å². The van der Waals surface area contributed by atoms with Gasteiger partial charge in [0.1, 0.15) is 0 Å². The fourth-order valence-electron chi connectivity index (χ4n) is 15.3. The van der Waals surface area contributed by atoms with Crippen LogP contribution in [-0.2, 0) is 16.2 Å². The first-order chi connectivity index (χ1) is 43.0. The number of benzene rings is 13. The molecule has 0 N–H and O–H groups in total. The zero-order valence-electron chi connectivity index (χ0n) is 47.3. The first kappa shape index (κ1) is 51.0. The average Bonchev–Trinajstić information content (AvgIpc) is 1.59. The Morgan fingerprint density at radius 1 is 0.241 bits per heavy atom. The van der Waals surface area contributed by atoms with Crippen LogP contribution >= 0.6 is 0 Å². The molecule has 0 bridgehead atoms. The maximum Gasteiger partial charge on any atom is 0.187 e. The summed E-state index contributed by atoms with van der Waals surface area (Å²) in [7, 11) is 0. The summed E-state index contributed by atoms with van der Waals surface area (Å²) in [4.78, 5) is 4.17. The van der Waals surface area contributed by atoms with Crippen molar-refractivity contribution in [2.45, 2.75) is 16.2 Å². The molecule has 0 heterocycles. The molecule has 3 heteroatoms. The summed E-state index contributed by atoms with van der Waals surface area (Å²) in [6.45, 7) is 8.63. The molecular weight excluding hydrogens is 1050 g/mol. The van der Waals surface area contributed by atoms with Crippen LogP contribution in [0.25, 0.3) is 71.6 Å². The Balaban J connectivity index is 1.11. The van der Waals surface area contributed by atoms with Gasteiger partial charge in [-0.15, -0.1) is 0 Å². The van der Waals surface area contributed by atoms with Crippen molar-refractivity contribution in [3.8, 4) is 78.9 Å². The number of hydrogen-bond acceptors (Lipinski definition) is 2. The van der Waals surface area contributed by atoms with Crippen LogP contribution in [0.5, 0.6) is 0 Å². The normalized spacial score (nSPS) is 17.1. The second kappa shape index (κ2) is 20.0. The third kappa shape index (κ3) is 7.46. The Bertz CT molecular complexity index is 4520. The second-order valence-electron chi connectivity index (χ2n) is 23.1. The molecule has 3 nitrogen and oxygen atoms in total. The van der Waals surface area contributed by atoms with Crippen LogP contribution in [-0.4, -0.2) is 0 Å². The van der Waals surface area contributed by atoms with Gasteiger partial charge in [0.15, 0.2) is 5.69 Å². The molecule has 3 unspecified atom stereocenters. The Kier molecular flexibility index (Phi) is 11.7. The topological polar surface area (TPSA) is 51.9 Å². The van der Waals surface area contributed by atoms with E-state index < -0.39 is 16.2 Å². The smallest absolute Gasteiger partial charge is 0.187 e. The number of fused-ring (bicyclic) bond motifs is 9. The molecule has 0 radical (unpaired) electrons. The van der Waals surface area contributed by atoms with Crippen molar-refractivity contribution >= 4 is 5.69 Å². The largest absolute Gasteiger partial charge is 0.238 e. The summed E-state index contributed by atoms with van der Waals surface area (Å²) in [5.74, 6) is 0. The predicted octanol–water partition coefficient (Wildman–Crippen LogP) is 20.1. The van der Waals surface area contributed by atoms with E-state index in [1.165, 1.54) is 0 Å². The van der Waals surface area contributed by atoms with Gasteiger partial charge in [0, 0.05) is 0 Å². The maximum absolute atomic E-state index is 11.0. The molecule has 16 rings (SSSR count). The summed E-state index contributed by atoms with van der Waals surface area (Å²) in [6.07, 6.45) is 0. The quantitative estimate of drug-likeness (QED) is 0.135. The SMILES string of the molecule is [C-]#[N+]c1ccc2c(c1)C(c1ccc(-c3ccccc3)cc1)(c1cc(C3(c4ccc(-c5ccccc5)cc4)c4ccccc4-c4ccc(C#N)cc43)cc(C3(c4ccc(-c5ccccc5)cc4)c4ccccc4-c4ccc(C#N)cc43)c1)c1ccccc1-2. The van der Waals surface area contributed by atoms with Gasteiger partial charge >= 0.3 is 0 Å². The van der Waals surface area contributed by atoms with Crippen LogP contribution in [0, 0.1) is 29.2 Å². The molecule has 13 aromatic carbocycles. The van der Waals surface area contributed by atoms with E-state index in [9.17, 15) is 10.5 Å². The predicted molar refractivity (Wildman–Crippen MR) is 350 cm³/mol. The van der Waals surface area contributed by atoms with Crippen molar-refractivity contribution in [3.05, 3.63) is 399 Å². The zero-order valence-corrected chi connectivity index (χ0v) is 47.3. The summed E-state index contributed by atoms with van der Waals surface area (Å²) in [5.41, 5.74) is 24.4. The van der Waals surface area contributed by atoms with Crippen molar-refractivity contribution < 1.29 is 0 Å². The third-order valence-corrected chi connectivity index (χ3v) is 19.0. The van der Waals surface area contributed by atoms with Gasteiger partial charge in [0.05, 0.1) is 46.1 Å². The van der Waals surface area contributed by atoms with Crippen LogP contribution in [0.1, 0.15) is 77.9 Å². The fraction of sp³-hybridized carbons (Fsp3) is 0.0357. The summed E-state index contributed by atoms with van der Waals surface area (Å²) in [6, 6.07) is 117. The molecule has 3 aliphatic rings. The minimum absolute atomic E-state index is 0.554. The maximum atomic E-state index is 11.0. The highest BCUT2D eigenvalue weighted by atomic mass is 14.6. The first-order valence-electron chi connectivity index (χ1n) is 29.5. The minimum Gasteiger partial charge on any atom is -0.238 e. The van der Waals surface area contributed by atoms with Crippen molar-refractivity contribution in [2.24, 2.45) is 0 Å². The highest BCUT2D eigenvalue weighted by Crippen LogP contribution is 2.63. The summed E-state index contributed by atoms with van der Waals surface area (Å²) in [5, 5.41) is 22.0. The monoisotopic (exact) mass is 1100 g/mol. The van der Waals surface area contributed by atoms with Crippen molar-refractivity contribution in [1.82, 2.24) is 0 Å². The van der Waals surface area contributed by atoms with Crippen molar-refractivity contribution in [2.75, 3.05) is 0 Å². The summed E-state index contributed by atoms with van der Waals surface area (Å²) >= 11 is 0. The van der Waals surface area contributed by atoms with Crippen LogP contribution in [0.4, 0.5) is 5.69 Å². The molecular formula is C84H51N3. The molecule has 3 atom stereocenters. The van der Waals surface area contributed by atoms with Crippen molar-refractivity contribution in [1.29, 1.82) is 10.5 Å². The lowest BCUT2D eigenvalue weighted by molar-refractivity contribution is 0.713. The van der Waals surface area contributed by atoms with E-state index >= 15 is 0 Å². The Hall–Kier alpha value is -11.7. The van der Waals surface area contributed by atoms with E-state index in [1.807, 2.05) is 18.2 Å². The molecule has 0 amide bonds. The standard InChI is InChI=1S/C84H51N3/c1-87-69-43-46-75-72-25-13-16-28-78(72)84(81(75)52-69,65-41-35-62(36-42-65)59-21-9-4-10-22-59)68-50-66(82(63-37-31-60(32-38-63)57-17-5-2-6-18-57)76-26-14-11-23-70(76)73-44-29-55(53-85)47-79(73)82)49-67(51-68)83(64-39-33-61(34-40-64)58-19-7-3-8-20-58)77-27-15-12-24-71(77)74-45-30-56(54-86)48-80(74)83/h2-52H. The summed E-state index contributed by atoms with van der Waals surface area (Å²) < 4.78 is 0. The lowest BCUT2D eigenvalue weighted by Crippen LogP contribution is -2.35. The Labute approximate surface area is 507 Å². The lowest BCUT2D eigenvalue weighted by Gasteiger charge is -2.41. The molecule has 0 aliphatic heterocycles. The molecule has 3 aliphatic carbocycles. The highest BCUT2D eigenvalue weighted by Gasteiger charge is 2.53. The van der Waals surface area contributed by atoms with Gasteiger partial charge in [-0.25, -0.2) is 4.85 Å². The fourth-order valence-corrected chi connectivity index (χ4v) is 15.3. The lowest BCUT2D eigenvalue weighted by atomic mass is 9.60. The Morgan fingerprint density at radius 3 is 0.839 bits per heavy atom. The number of nitriles is 2. The molecule has 0 spiro atoms. The van der Waals surface area contributed by atoms with Gasteiger partial charge in [0.25, 0.3) is 0 Å². The average molecular weight is 1100 g/mol. The van der Waals surface area contributed by atoms with Gasteiger partial charge in [-0.1, -0.05) is 285 Å². The molecule has 87 heavy (non-hydrogen) atoms. The molecule has 0 saturated carbocycles. The first-order valence-corrected chi connectivity index (χ1v) is 29.5. The van der Waals surface area contributed by atoms with E-state index in [0.717, 1.165) is 134 Å². The van der Waals surface area contributed by atoms with E-state index in [1.54, 1.807) is 0 Å². The minimum atomic E-state index is -1.02. The number of nitrogens with zero attached hydrogens (tertiary/aromatic N) is 3. The molecule has 402 valence electrons.